The van der Waals surface area contributed by atoms with Gasteiger partial charge in [0.1, 0.15) is 5.82 Å². The highest BCUT2D eigenvalue weighted by Crippen LogP contribution is 2.17. The van der Waals surface area contributed by atoms with Crippen molar-refractivity contribution in [3.05, 3.63) is 35.6 Å². The van der Waals surface area contributed by atoms with E-state index in [1.54, 1.807) is 12.1 Å². The van der Waals surface area contributed by atoms with Crippen LogP contribution in [0.3, 0.4) is 0 Å². The summed E-state index contributed by atoms with van der Waals surface area (Å²) in [4.78, 5) is 14.0. The van der Waals surface area contributed by atoms with Gasteiger partial charge in [0.25, 0.3) is 0 Å². The number of carbonyl (C=O) groups is 1. The highest BCUT2D eigenvalue weighted by atomic mass is 19.1. The maximum absolute atomic E-state index is 13.5. The molecule has 1 aromatic rings. The van der Waals surface area contributed by atoms with Crippen LogP contribution in [0.1, 0.15) is 25.3 Å². The van der Waals surface area contributed by atoms with E-state index in [2.05, 4.69) is 0 Å². The minimum atomic E-state index is -0.189. The molecule has 1 aliphatic rings. The van der Waals surface area contributed by atoms with Crippen LogP contribution in [-0.4, -0.2) is 29.9 Å². The largest absolute Gasteiger partial charge is 0.341 e. The molecule has 1 amide bonds. The second-order valence-corrected chi connectivity index (χ2v) is 5.36. The lowest BCUT2D eigenvalue weighted by molar-refractivity contribution is -0.134. The van der Waals surface area contributed by atoms with Crippen LogP contribution in [0.25, 0.3) is 0 Å². The Morgan fingerprint density at radius 1 is 1.53 bits per heavy atom. The maximum Gasteiger partial charge on any atom is 0.225 e. The van der Waals surface area contributed by atoms with Crippen molar-refractivity contribution in [3.63, 3.8) is 0 Å². The summed E-state index contributed by atoms with van der Waals surface area (Å²) in [5.74, 6) is -0.125. The molecule has 0 bridgehead atoms. The molecule has 19 heavy (non-hydrogen) atoms. The number of carbonyl (C=O) groups excluding carboxylic acids is 1. The lowest BCUT2D eigenvalue weighted by atomic mass is 9.99. The van der Waals surface area contributed by atoms with Crippen molar-refractivity contribution in [1.29, 1.82) is 0 Å². The van der Waals surface area contributed by atoms with Gasteiger partial charge in [-0.25, -0.2) is 4.39 Å². The smallest absolute Gasteiger partial charge is 0.225 e. The van der Waals surface area contributed by atoms with E-state index < -0.39 is 0 Å². The molecule has 0 aliphatic carbocycles. The Labute approximate surface area is 113 Å². The second-order valence-electron chi connectivity index (χ2n) is 5.36. The van der Waals surface area contributed by atoms with E-state index in [0.29, 0.717) is 24.9 Å². The van der Waals surface area contributed by atoms with Gasteiger partial charge >= 0.3 is 0 Å². The molecule has 1 heterocycles. The van der Waals surface area contributed by atoms with Crippen molar-refractivity contribution in [2.24, 2.45) is 11.7 Å². The summed E-state index contributed by atoms with van der Waals surface area (Å²) in [6, 6.07) is 6.85. The Kier molecular flexibility index (Phi) is 4.53. The summed E-state index contributed by atoms with van der Waals surface area (Å²) in [6.45, 7) is 3.32. The van der Waals surface area contributed by atoms with Gasteiger partial charge in [0.05, 0.1) is 0 Å². The van der Waals surface area contributed by atoms with E-state index in [1.165, 1.54) is 6.07 Å². The molecule has 0 aromatic heterocycles. The molecule has 4 heteroatoms. The molecule has 0 spiro atoms. The van der Waals surface area contributed by atoms with E-state index in [-0.39, 0.29) is 23.7 Å². The van der Waals surface area contributed by atoms with Gasteiger partial charge in [0.15, 0.2) is 0 Å². The van der Waals surface area contributed by atoms with Crippen LogP contribution in [-0.2, 0) is 11.2 Å². The Hall–Kier alpha value is -1.42. The third-order valence-corrected chi connectivity index (χ3v) is 3.76. The van der Waals surface area contributed by atoms with Gasteiger partial charge in [-0.1, -0.05) is 25.1 Å². The van der Waals surface area contributed by atoms with E-state index in [9.17, 15) is 9.18 Å². The number of nitrogens with two attached hydrogens (primary N) is 1. The summed E-state index contributed by atoms with van der Waals surface area (Å²) in [7, 11) is 0. The fourth-order valence-electron chi connectivity index (χ4n) is 2.50. The first-order valence-corrected chi connectivity index (χ1v) is 6.85. The molecule has 2 rings (SSSR count). The lowest BCUT2D eigenvalue weighted by Crippen LogP contribution is -2.35. The lowest BCUT2D eigenvalue weighted by Gasteiger charge is -2.20. The van der Waals surface area contributed by atoms with Gasteiger partial charge in [-0.05, 0) is 30.9 Å². The zero-order valence-corrected chi connectivity index (χ0v) is 11.3. The standard InChI is InChI=1S/C15H21FN2O/c1-11(15(19)18-9-8-13(17)10-18)6-7-12-4-2-3-5-14(12)16/h2-5,11,13H,6-10,17H2,1H3/t11-,13-/m0/s1. The average Bonchev–Trinajstić information content (AvgIpc) is 2.83. The number of amides is 1. The Bertz CT molecular complexity index is 450. The maximum atomic E-state index is 13.5. The van der Waals surface area contributed by atoms with Crippen molar-refractivity contribution in [2.45, 2.75) is 32.2 Å². The van der Waals surface area contributed by atoms with E-state index >= 15 is 0 Å². The number of halogens is 1. The quantitative estimate of drug-likeness (QED) is 0.903. The van der Waals surface area contributed by atoms with Crippen LogP contribution in [0, 0.1) is 11.7 Å². The fraction of sp³-hybridized carbons (Fsp3) is 0.533. The Balaban J connectivity index is 1.86. The third-order valence-electron chi connectivity index (χ3n) is 3.76. The van der Waals surface area contributed by atoms with E-state index in [0.717, 1.165) is 13.0 Å². The highest BCUT2D eigenvalue weighted by molar-refractivity contribution is 5.78. The molecule has 1 aliphatic heterocycles. The average molecular weight is 264 g/mol. The topological polar surface area (TPSA) is 46.3 Å². The minimum absolute atomic E-state index is 0.0788. The number of aryl methyl sites for hydroxylation is 1. The van der Waals surface area contributed by atoms with Gasteiger partial charge in [0.2, 0.25) is 5.91 Å². The summed E-state index contributed by atoms with van der Waals surface area (Å²) >= 11 is 0. The number of likely N-dealkylation sites (tertiary alicyclic amines) is 1. The zero-order chi connectivity index (χ0) is 13.8. The Morgan fingerprint density at radius 3 is 2.89 bits per heavy atom. The molecular weight excluding hydrogens is 243 g/mol. The molecule has 0 saturated carbocycles. The third kappa shape index (κ3) is 3.53. The van der Waals surface area contributed by atoms with E-state index in [1.807, 2.05) is 17.9 Å². The number of hydrogen-bond donors (Lipinski definition) is 1. The number of hydrogen-bond acceptors (Lipinski definition) is 2. The van der Waals surface area contributed by atoms with Crippen LogP contribution in [0.4, 0.5) is 4.39 Å². The molecule has 1 aromatic carbocycles. The van der Waals surface area contributed by atoms with Crippen LogP contribution >= 0.6 is 0 Å². The van der Waals surface area contributed by atoms with E-state index in [4.69, 9.17) is 5.73 Å². The monoisotopic (exact) mass is 264 g/mol. The van der Waals surface area contributed by atoms with Gasteiger partial charge in [-0.2, -0.15) is 0 Å². The van der Waals surface area contributed by atoms with Crippen LogP contribution in [0.5, 0.6) is 0 Å². The predicted octanol–water partition coefficient (Wildman–Crippen LogP) is 1.95. The van der Waals surface area contributed by atoms with Gasteiger partial charge in [-0.15, -0.1) is 0 Å². The predicted molar refractivity (Wildman–Crippen MR) is 73.1 cm³/mol. The summed E-state index contributed by atoms with van der Waals surface area (Å²) in [6.07, 6.45) is 2.15. The summed E-state index contributed by atoms with van der Waals surface area (Å²) < 4.78 is 13.5. The van der Waals surface area contributed by atoms with Crippen LogP contribution < -0.4 is 5.73 Å². The van der Waals surface area contributed by atoms with Gasteiger partial charge in [-0.3, -0.25) is 4.79 Å². The molecule has 1 saturated heterocycles. The highest BCUT2D eigenvalue weighted by Gasteiger charge is 2.26. The van der Waals surface area contributed by atoms with Gasteiger partial charge in [0, 0.05) is 25.0 Å². The normalized spacial score (nSPS) is 20.6. The molecule has 0 unspecified atom stereocenters. The fourth-order valence-corrected chi connectivity index (χ4v) is 2.50. The van der Waals surface area contributed by atoms with Gasteiger partial charge < -0.3 is 10.6 Å². The van der Waals surface area contributed by atoms with Crippen LogP contribution in [0.2, 0.25) is 0 Å². The van der Waals surface area contributed by atoms with Crippen molar-refractivity contribution < 1.29 is 9.18 Å². The Morgan fingerprint density at radius 2 is 2.26 bits per heavy atom. The molecule has 3 nitrogen and oxygen atoms in total. The summed E-state index contributed by atoms with van der Waals surface area (Å²) in [5.41, 5.74) is 6.49. The molecule has 0 radical (unpaired) electrons. The first-order chi connectivity index (χ1) is 9.08. The number of nitrogens with zero attached hydrogens (tertiary/aromatic N) is 1. The van der Waals surface area contributed by atoms with Crippen molar-refractivity contribution in [1.82, 2.24) is 4.90 Å². The summed E-state index contributed by atoms with van der Waals surface area (Å²) in [5, 5.41) is 0. The number of benzene rings is 1. The first-order valence-electron chi connectivity index (χ1n) is 6.85. The number of rotatable bonds is 4. The SMILES string of the molecule is C[C@@H](CCc1ccccc1F)C(=O)N1CC[C@H](N)C1. The van der Waals surface area contributed by atoms with Crippen molar-refractivity contribution in [2.75, 3.05) is 13.1 Å². The molecule has 1 fully saturated rings. The molecular formula is C15H21FN2O. The zero-order valence-electron chi connectivity index (χ0n) is 11.3. The first kappa shape index (κ1) is 14.0. The van der Waals surface area contributed by atoms with Crippen molar-refractivity contribution in [3.8, 4) is 0 Å². The molecule has 104 valence electrons. The van der Waals surface area contributed by atoms with Crippen molar-refractivity contribution >= 4 is 5.91 Å². The van der Waals surface area contributed by atoms with Crippen LogP contribution in [0.15, 0.2) is 24.3 Å². The second kappa shape index (κ2) is 6.15. The molecule has 2 N–H and O–H groups in total. The molecule has 2 atom stereocenters. The minimum Gasteiger partial charge on any atom is -0.341 e.